The van der Waals surface area contributed by atoms with E-state index in [-0.39, 0.29) is 0 Å². The lowest BCUT2D eigenvalue weighted by Crippen LogP contribution is -1.92. The van der Waals surface area contributed by atoms with E-state index in [1.54, 1.807) is 0 Å². The van der Waals surface area contributed by atoms with Gasteiger partial charge in [0.15, 0.2) is 0 Å². The Balaban J connectivity index is 1.60. The Labute approximate surface area is 114 Å². The van der Waals surface area contributed by atoms with Crippen LogP contribution in [0.2, 0.25) is 0 Å². The summed E-state index contributed by atoms with van der Waals surface area (Å²) in [6, 6.07) is 6.06. The maximum Gasteiger partial charge on any atom is 0.0664 e. The third-order valence-corrected chi connectivity index (χ3v) is 3.46. The monoisotopic (exact) mass is 247 g/mol. The Morgan fingerprint density at radius 3 is 2.95 bits per heavy atom. The minimum absolute atomic E-state index is 0.546. The zero-order chi connectivity index (χ0) is 12.9. The van der Waals surface area contributed by atoms with Crippen molar-refractivity contribution in [2.24, 2.45) is 5.92 Å². The molecule has 2 aliphatic carbocycles. The van der Waals surface area contributed by atoms with E-state index in [9.17, 15) is 0 Å². The highest BCUT2D eigenvalue weighted by atomic mass is 14.7. The van der Waals surface area contributed by atoms with Crippen LogP contribution in [-0.2, 0) is 0 Å². The first-order valence-corrected chi connectivity index (χ1v) is 6.74. The fourth-order valence-electron chi connectivity index (χ4n) is 2.38. The van der Waals surface area contributed by atoms with E-state index in [4.69, 9.17) is 0 Å². The number of hydrogen-bond donors (Lipinski definition) is 0. The predicted octanol–water partition coefficient (Wildman–Crippen LogP) is 4.48. The molecule has 19 heavy (non-hydrogen) atoms. The highest BCUT2D eigenvalue weighted by Crippen LogP contribution is 2.28. The van der Waals surface area contributed by atoms with Crippen molar-refractivity contribution < 1.29 is 0 Å². The van der Waals surface area contributed by atoms with E-state index in [0.717, 1.165) is 18.5 Å². The van der Waals surface area contributed by atoms with Crippen LogP contribution in [0.25, 0.3) is 5.57 Å². The Bertz CT molecular complexity index is 585. The van der Waals surface area contributed by atoms with Gasteiger partial charge in [0.2, 0.25) is 0 Å². The van der Waals surface area contributed by atoms with Gasteiger partial charge in [-0.3, -0.25) is 4.98 Å². The predicted molar refractivity (Wildman–Crippen MR) is 80.4 cm³/mol. The molecule has 0 radical (unpaired) electrons. The summed E-state index contributed by atoms with van der Waals surface area (Å²) in [6.45, 7) is 0. The van der Waals surface area contributed by atoms with E-state index in [1.807, 2.05) is 18.3 Å². The van der Waals surface area contributed by atoms with Crippen LogP contribution in [0.1, 0.15) is 18.5 Å². The molecule has 0 N–H and O–H groups in total. The molecule has 0 fully saturated rings. The van der Waals surface area contributed by atoms with Gasteiger partial charge < -0.3 is 0 Å². The smallest absolute Gasteiger partial charge is 0.0664 e. The van der Waals surface area contributed by atoms with Gasteiger partial charge >= 0.3 is 0 Å². The Morgan fingerprint density at radius 1 is 1.16 bits per heavy atom. The summed E-state index contributed by atoms with van der Waals surface area (Å²) in [7, 11) is 0. The number of allylic oxidation sites excluding steroid dienone is 10. The highest BCUT2D eigenvalue weighted by molar-refractivity contribution is 5.71. The largest absolute Gasteiger partial charge is 0.257 e. The normalized spacial score (nSPS) is 21.8. The molecule has 94 valence electrons. The van der Waals surface area contributed by atoms with Crippen LogP contribution in [0.4, 0.5) is 0 Å². The molecule has 0 spiro atoms. The zero-order valence-electron chi connectivity index (χ0n) is 10.9. The lowest BCUT2D eigenvalue weighted by Gasteiger charge is -2.07. The second-order valence-corrected chi connectivity index (χ2v) is 4.90. The van der Waals surface area contributed by atoms with Gasteiger partial charge in [0.25, 0.3) is 0 Å². The van der Waals surface area contributed by atoms with E-state index in [1.165, 1.54) is 11.1 Å². The van der Waals surface area contributed by atoms with Crippen LogP contribution in [0.5, 0.6) is 0 Å². The minimum Gasteiger partial charge on any atom is -0.257 e. The summed E-state index contributed by atoms with van der Waals surface area (Å²) in [4.78, 5) is 4.40. The Morgan fingerprint density at radius 2 is 2.16 bits per heavy atom. The summed E-state index contributed by atoms with van der Waals surface area (Å²) in [5.41, 5.74) is 3.76. The van der Waals surface area contributed by atoms with Crippen molar-refractivity contribution in [1.82, 2.24) is 4.98 Å². The van der Waals surface area contributed by atoms with Crippen molar-refractivity contribution in [2.45, 2.75) is 12.8 Å². The van der Waals surface area contributed by atoms with Gasteiger partial charge in [-0.2, -0.15) is 0 Å². The molecule has 1 atom stereocenters. The van der Waals surface area contributed by atoms with E-state index in [2.05, 4.69) is 59.7 Å². The van der Waals surface area contributed by atoms with Crippen molar-refractivity contribution in [3.8, 4) is 0 Å². The van der Waals surface area contributed by atoms with Gasteiger partial charge in [-0.1, -0.05) is 54.7 Å². The maximum absolute atomic E-state index is 4.40. The molecule has 0 aliphatic heterocycles. The van der Waals surface area contributed by atoms with Gasteiger partial charge in [0, 0.05) is 6.20 Å². The van der Waals surface area contributed by atoms with Crippen molar-refractivity contribution in [1.29, 1.82) is 0 Å². The summed E-state index contributed by atoms with van der Waals surface area (Å²) in [5, 5.41) is 0. The third-order valence-electron chi connectivity index (χ3n) is 3.46. The molecule has 1 heterocycles. The van der Waals surface area contributed by atoms with Crippen molar-refractivity contribution in [3.63, 3.8) is 0 Å². The van der Waals surface area contributed by atoms with Gasteiger partial charge in [-0.15, -0.1) is 0 Å². The van der Waals surface area contributed by atoms with Crippen LogP contribution in [0.3, 0.4) is 0 Å². The van der Waals surface area contributed by atoms with Crippen LogP contribution >= 0.6 is 0 Å². The summed E-state index contributed by atoms with van der Waals surface area (Å²) in [5.74, 6) is 0.546. The number of nitrogens with zero attached hydrogens (tertiary/aromatic N) is 1. The molecule has 0 aromatic carbocycles. The van der Waals surface area contributed by atoms with Crippen LogP contribution in [-0.4, -0.2) is 4.98 Å². The quantitative estimate of drug-likeness (QED) is 0.767. The maximum atomic E-state index is 4.40. The second-order valence-electron chi connectivity index (χ2n) is 4.90. The molecule has 2 aliphatic rings. The number of rotatable bonds is 3. The first-order valence-electron chi connectivity index (χ1n) is 6.74. The minimum atomic E-state index is 0.546. The number of aromatic nitrogens is 1. The first-order chi connectivity index (χ1) is 9.42. The van der Waals surface area contributed by atoms with Crippen LogP contribution in [0, 0.1) is 5.92 Å². The highest BCUT2D eigenvalue weighted by Gasteiger charge is 2.09. The molecule has 1 heteroatoms. The molecule has 1 aromatic rings. The topological polar surface area (TPSA) is 12.9 Å². The summed E-state index contributed by atoms with van der Waals surface area (Å²) >= 11 is 0. The third kappa shape index (κ3) is 3.00. The standard InChI is InChI=1S/C18H17N/c1-2-6-15(7-3-1)9-10-16-11-12-17(14-16)18-8-4-5-13-19-18/h1-6,8-13,15H,7,14H2. The van der Waals surface area contributed by atoms with Gasteiger partial charge in [0.1, 0.15) is 0 Å². The summed E-state index contributed by atoms with van der Waals surface area (Å²) in [6.07, 6.45) is 21.6. The lowest BCUT2D eigenvalue weighted by molar-refractivity contribution is 0.821. The van der Waals surface area contributed by atoms with E-state index < -0.39 is 0 Å². The average molecular weight is 247 g/mol. The number of pyridine rings is 1. The molecule has 3 rings (SSSR count). The molecule has 1 nitrogen and oxygen atoms in total. The lowest BCUT2D eigenvalue weighted by atomic mass is 9.99. The van der Waals surface area contributed by atoms with Crippen LogP contribution in [0.15, 0.2) is 78.6 Å². The molecule has 0 bridgehead atoms. The van der Waals surface area contributed by atoms with Gasteiger partial charge in [-0.25, -0.2) is 0 Å². The fraction of sp³-hybridized carbons (Fsp3) is 0.167. The Kier molecular flexibility index (Phi) is 3.55. The van der Waals surface area contributed by atoms with Crippen molar-refractivity contribution in [2.75, 3.05) is 0 Å². The first kappa shape index (κ1) is 11.9. The van der Waals surface area contributed by atoms with E-state index in [0.29, 0.717) is 5.92 Å². The molecule has 0 saturated carbocycles. The number of hydrogen-bond acceptors (Lipinski definition) is 1. The molecular formula is C18H17N. The summed E-state index contributed by atoms with van der Waals surface area (Å²) < 4.78 is 0. The van der Waals surface area contributed by atoms with Crippen molar-refractivity contribution in [3.05, 3.63) is 84.3 Å². The Hall–Kier alpha value is -2.15. The fourth-order valence-corrected chi connectivity index (χ4v) is 2.38. The molecule has 1 unspecified atom stereocenters. The zero-order valence-corrected chi connectivity index (χ0v) is 10.9. The molecule has 1 aromatic heterocycles. The average Bonchev–Trinajstić information content (AvgIpc) is 2.96. The van der Waals surface area contributed by atoms with E-state index >= 15 is 0 Å². The molecular weight excluding hydrogens is 230 g/mol. The van der Waals surface area contributed by atoms with Crippen molar-refractivity contribution >= 4 is 5.57 Å². The van der Waals surface area contributed by atoms with Gasteiger partial charge in [0.05, 0.1) is 5.69 Å². The van der Waals surface area contributed by atoms with Crippen LogP contribution < -0.4 is 0 Å². The van der Waals surface area contributed by atoms with Gasteiger partial charge in [-0.05, 0) is 42.0 Å². The SMILES string of the molecule is C1=CCC(C=CC2=CC=C(c3ccccn3)C2)C=C1. The second kappa shape index (κ2) is 5.66. The molecule has 0 saturated heterocycles. The molecule has 0 amide bonds.